The number of carbonyl (C=O) groups is 1. The molecule has 1 heterocycles. The zero-order valence-corrected chi connectivity index (χ0v) is 6.88. The van der Waals surface area contributed by atoms with Crippen LogP contribution in [-0.4, -0.2) is 23.0 Å². The van der Waals surface area contributed by atoms with E-state index >= 15 is 0 Å². The molecular formula is C6H5ClN2O3. The number of rotatable bonds is 1. The molecule has 0 aliphatic heterocycles. The van der Waals surface area contributed by atoms with Gasteiger partial charge in [-0.2, -0.15) is 0 Å². The van der Waals surface area contributed by atoms with Crippen LogP contribution in [0.25, 0.3) is 0 Å². The first-order chi connectivity index (χ1) is 5.66. The van der Waals surface area contributed by atoms with Crippen molar-refractivity contribution in [3.63, 3.8) is 0 Å². The molecule has 1 aromatic rings. The summed E-state index contributed by atoms with van der Waals surface area (Å²) in [4.78, 5) is 27.4. The second-order valence-corrected chi connectivity index (χ2v) is 2.26. The predicted molar refractivity (Wildman–Crippen MR) is 41.2 cm³/mol. The predicted octanol–water partition coefficient (Wildman–Crippen LogP) is 0.210. The van der Waals surface area contributed by atoms with Crippen molar-refractivity contribution in [2.45, 2.75) is 0 Å². The molecular weight excluding hydrogens is 184 g/mol. The Morgan fingerprint density at radius 3 is 3.00 bits per heavy atom. The average Bonchev–Trinajstić information content (AvgIpc) is 2.08. The maximum Gasteiger partial charge on any atom is 0.358 e. The molecule has 1 rings (SSSR count). The average molecular weight is 189 g/mol. The highest BCUT2D eigenvalue weighted by atomic mass is 35.5. The first-order valence-electron chi connectivity index (χ1n) is 2.98. The quantitative estimate of drug-likeness (QED) is 0.640. The number of carbonyl (C=O) groups excluding carboxylic acids is 1. The molecule has 0 aliphatic rings. The van der Waals surface area contributed by atoms with E-state index in [2.05, 4.69) is 14.7 Å². The molecule has 0 fully saturated rings. The fraction of sp³-hybridized carbons (Fsp3) is 0.167. The van der Waals surface area contributed by atoms with Crippen molar-refractivity contribution >= 4 is 17.6 Å². The lowest BCUT2D eigenvalue weighted by molar-refractivity contribution is 0.0594. The molecule has 5 nitrogen and oxygen atoms in total. The lowest BCUT2D eigenvalue weighted by Crippen LogP contribution is -2.14. The molecule has 0 aliphatic carbocycles. The first-order valence-corrected chi connectivity index (χ1v) is 3.36. The maximum atomic E-state index is 10.9. The van der Waals surface area contributed by atoms with Crippen LogP contribution in [0.2, 0.25) is 5.02 Å². The van der Waals surface area contributed by atoms with Crippen molar-refractivity contribution in [2.24, 2.45) is 0 Å². The number of aromatic nitrogens is 2. The molecule has 0 saturated heterocycles. The Morgan fingerprint density at radius 2 is 2.42 bits per heavy atom. The summed E-state index contributed by atoms with van der Waals surface area (Å²) in [5.74, 6) is -0.730. The van der Waals surface area contributed by atoms with Crippen molar-refractivity contribution in [2.75, 3.05) is 7.11 Å². The lowest BCUT2D eigenvalue weighted by atomic mass is 10.4. The smallest absolute Gasteiger partial charge is 0.358 e. The monoisotopic (exact) mass is 188 g/mol. The third-order valence-corrected chi connectivity index (χ3v) is 1.53. The molecule has 12 heavy (non-hydrogen) atoms. The van der Waals surface area contributed by atoms with Gasteiger partial charge in [-0.3, -0.25) is 4.79 Å². The molecule has 0 atom stereocenters. The highest BCUT2D eigenvalue weighted by Gasteiger charge is 2.14. The van der Waals surface area contributed by atoms with Crippen molar-refractivity contribution in [3.8, 4) is 0 Å². The second kappa shape index (κ2) is 3.36. The van der Waals surface area contributed by atoms with Gasteiger partial charge in [-0.15, -0.1) is 0 Å². The number of aromatic amines is 1. The van der Waals surface area contributed by atoms with E-state index in [0.717, 1.165) is 6.33 Å². The fourth-order valence-electron chi connectivity index (χ4n) is 0.622. The van der Waals surface area contributed by atoms with Crippen LogP contribution in [0.3, 0.4) is 0 Å². The van der Waals surface area contributed by atoms with Crippen molar-refractivity contribution in [1.29, 1.82) is 0 Å². The Kier molecular flexibility index (Phi) is 2.44. The van der Waals surface area contributed by atoms with Gasteiger partial charge in [0.2, 0.25) is 0 Å². The van der Waals surface area contributed by atoms with Gasteiger partial charge in [0, 0.05) is 0 Å². The summed E-state index contributed by atoms with van der Waals surface area (Å²) in [5, 5.41) is -0.260. The van der Waals surface area contributed by atoms with Crippen molar-refractivity contribution in [3.05, 3.63) is 27.4 Å². The minimum absolute atomic E-state index is 0.178. The van der Waals surface area contributed by atoms with Crippen LogP contribution in [0.15, 0.2) is 11.1 Å². The van der Waals surface area contributed by atoms with Gasteiger partial charge in [-0.1, -0.05) is 11.6 Å². The van der Waals surface area contributed by atoms with Gasteiger partial charge >= 0.3 is 5.97 Å². The van der Waals surface area contributed by atoms with Crippen LogP contribution in [0.1, 0.15) is 10.5 Å². The number of H-pyrrole nitrogens is 1. The summed E-state index contributed by atoms with van der Waals surface area (Å²) < 4.78 is 4.33. The van der Waals surface area contributed by atoms with Crippen LogP contribution in [0, 0.1) is 0 Å². The third kappa shape index (κ3) is 1.45. The molecule has 0 saturated carbocycles. The summed E-state index contributed by atoms with van der Waals surface area (Å²) in [6.45, 7) is 0. The zero-order valence-electron chi connectivity index (χ0n) is 6.13. The summed E-state index contributed by atoms with van der Waals surface area (Å²) in [6.07, 6.45) is 1.08. The number of hydrogen-bond donors (Lipinski definition) is 1. The molecule has 1 aromatic heterocycles. The van der Waals surface area contributed by atoms with Crippen molar-refractivity contribution in [1.82, 2.24) is 9.97 Å². The van der Waals surface area contributed by atoms with E-state index in [1.165, 1.54) is 7.11 Å². The molecule has 0 bridgehead atoms. The van der Waals surface area contributed by atoms with Gasteiger partial charge < -0.3 is 9.72 Å². The second-order valence-electron chi connectivity index (χ2n) is 1.89. The van der Waals surface area contributed by atoms with E-state index in [4.69, 9.17) is 11.6 Å². The van der Waals surface area contributed by atoms with E-state index in [9.17, 15) is 9.59 Å². The van der Waals surface area contributed by atoms with E-state index in [0.29, 0.717) is 0 Å². The largest absolute Gasteiger partial charge is 0.464 e. The van der Waals surface area contributed by atoms with Gasteiger partial charge in [0.25, 0.3) is 5.56 Å². The number of esters is 1. The van der Waals surface area contributed by atoms with E-state index < -0.39 is 11.5 Å². The molecule has 1 N–H and O–H groups in total. The minimum atomic E-state index is -0.730. The SMILES string of the molecule is COC(=O)c1nc[nH]c(=O)c1Cl. The van der Waals surface area contributed by atoms with Crippen LogP contribution in [0.4, 0.5) is 0 Å². The number of methoxy groups -OCH3 is 1. The van der Waals surface area contributed by atoms with Gasteiger partial charge in [0.1, 0.15) is 5.02 Å². The van der Waals surface area contributed by atoms with Crippen LogP contribution < -0.4 is 5.56 Å². The van der Waals surface area contributed by atoms with Crippen LogP contribution >= 0.6 is 11.6 Å². The molecule has 0 radical (unpaired) electrons. The Balaban J connectivity index is 3.26. The number of hydrogen-bond acceptors (Lipinski definition) is 4. The number of halogens is 1. The first kappa shape index (κ1) is 8.73. The zero-order chi connectivity index (χ0) is 9.14. The molecule has 64 valence electrons. The van der Waals surface area contributed by atoms with Crippen molar-refractivity contribution < 1.29 is 9.53 Å². The summed E-state index contributed by atoms with van der Waals surface area (Å²) in [5.41, 5.74) is -0.741. The Bertz CT molecular complexity index is 360. The Morgan fingerprint density at radius 1 is 1.75 bits per heavy atom. The highest BCUT2D eigenvalue weighted by molar-refractivity contribution is 6.33. The van der Waals surface area contributed by atoms with Gasteiger partial charge in [0.05, 0.1) is 13.4 Å². The standard InChI is InChI=1S/C6H5ClN2O3/c1-12-6(11)4-3(7)5(10)9-2-8-4/h2H,1H3,(H,8,9,10). The lowest BCUT2D eigenvalue weighted by Gasteiger charge is -1.97. The summed E-state index contributed by atoms with van der Waals surface area (Å²) in [6, 6.07) is 0. The topological polar surface area (TPSA) is 72.0 Å². The highest BCUT2D eigenvalue weighted by Crippen LogP contribution is 2.06. The van der Waals surface area contributed by atoms with Gasteiger partial charge in [-0.25, -0.2) is 9.78 Å². The Labute approximate surface area is 72.3 Å². The molecule has 6 heteroatoms. The fourth-order valence-corrected chi connectivity index (χ4v) is 0.803. The number of nitrogens with one attached hydrogen (secondary N) is 1. The molecule has 0 unspecified atom stereocenters. The van der Waals surface area contributed by atoms with Crippen LogP contribution in [0.5, 0.6) is 0 Å². The summed E-state index contributed by atoms with van der Waals surface area (Å²) in [7, 11) is 1.18. The normalized spacial score (nSPS) is 9.50. The van der Waals surface area contributed by atoms with E-state index in [1.807, 2.05) is 0 Å². The maximum absolute atomic E-state index is 10.9. The van der Waals surface area contributed by atoms with E-state index in [-0.39, 0.29) is 10.7 Å². The Hall–Kier alpha value is -1.36. The number of ether oxygens (including phenoxy) is 1. The molecule has 0 amide bonds. The van der Waals surface area contributed by atoms with E-state index in [1.54, 1.807) is 0 Å². The van der Waals surface area contributed by atoms with Crippen LogP contribution in [-0.2, 0) is 4.74 Å². The molecule has 0 aromatic carbocycles. The minimum Gasteiger partial charge on any atom is -0.464 e. The molecule has 0 spiro atoms. The third-order valence-electron chi connectivity index (χ3n) is 1.18. The number of nitrogens with zero attached hydrogens (tertiary/aromatic N) is 1. The summed E-state index contributed by atoms with van der Waals surface area (Å²) >= 11 is 5.46. The van der Waals surface area contributed by atoms with Gasteiger partial charge in [-0.05, 0) is 0 Å². The van der Waals surface area contributed by atoms with Gasteiger partial charge in [0.15, 0.2) is 5.69 Å².